The van der Waals surface area contributed by atoms with Crippen molar-refractivity contribution < 1.29 is 4.79 Å². The van der Waals surface area contributed by atoms with Crippen LogP contribution in [-0.2, 0) is 4.79 Å². The maximum absolute atomic E-state index is 10.9. The molecule has 5 heteroatoms. The van der Waals surface area contributed by atoms with Crippen molar-refractivity contribution >= 4 is 23.0 Å². The average Bonchev–Trinajstić information content (AvgIpc) is 2.08. The summed E-state index contributed by atoms with van der Waals surface area (Å²) in [5.41, 5.74) is 17.9. The Morgan fingerprint density at radius 2 is 1.94 bits per heavy atom. The molecule has 0 radical (unpaired) electrons. The summed E-state index contributed by atoms with van der Waals surface area (Å²) in [5.74, 6) is -0.346. The zero-order chi connectivity index (χ0) is 12.3. The Kier molecular flexibility index (Phi) is 3.27. The summed E-state index contributed by atoms with van der Waals surface area (Å²) in [5, 5.41) is 3.18. The summed E-state index contributed by atoms with van der Waals surface area (Å²) in [7, 11) is 0. The van der Waals surface area contributed by atoms with Gasteiger partial charge in [-0.3, -0.25) is 4.79 Å². The molecule has 16 heavy (non-hydrogen) atoms. The van der Waals surface area contributed by atoms with Gasteiger partial charge in [0.05, 0.1) is 11.4 Å². The second-order valence-electron chi connectivity index (χ2n) is 4.50. The van der Waals surface area contributed by atoms with Crippen LogP contribution in [0.2, 0.25) is 0 Å². The van der Waals surface area contributed by atoms with Crippen LogP contribution < -0.4 is 22.5 Å². The Morgan fingerprint density at radius 3 is 2.44 bits per heavy atom. The largest absolute Gasteiger partial charge is 0.397 e. The summed E-state index contributed by atoms with van der Waals surface area (Å²) in [4.78, 5) is 10.9. The molecule has 0 atom stereocenters. The highest BCUT2D eigenvalue weighted by molar-refractivity contribution is 5.76. The number of nitrogen functional groups attached to an aromatic ring is 2. The van der Waals surface area contributed by atoms with E-state index in [0.717, 1.165) is 5.69 Å². The van der Waals surface area contributed by atoms with E-state index in [2.05, 4.69) is 5.32 Å². The second kappa shape index (κ2) is 4.30. The zero-order valence-corrected chi connectivity index (χ0v) is 9.58. The number of anilines is 3. The molecule has 0 aliphatic rings. The SMILES string of the molecule is CC(C)(CC(N)=O)Nc1ccc(N)c(N)c1. The van der Waals surface area contributed by atoms with Gasteiger partial charge in [0.15, 0.2) is 0 Å². The molecule has 0 bridgehead atoms. The minimum Gasteiger partial charge on any atom is -0.397 e. The first kappa shape index (κ1) is 12.2. The minimum atomic E-state index is -0.408. The fourth-order valence-corrected chi connectivity index (χ4v) is 1.52. The van der Waals surface area contributed by atoms with Crippen LogP contribution in [0.4, 0.5) is 17.1 Å². The second-order valence-corrected chi connectivity index (χ2v) is 4.50. The Labute approximate surface area is 95.0 Å². The van der Waals surface area contributed by atoms with E-state index in [4.69, 9.17) is 17.2 Å². The highest BCUT2D eigenvalue weighted by atomic mass is 16.1. The lowest BCUT2D eigenvalue weighted by atomic mass is 9.99. The number of carbonyl (C=O) groups excluding carboxylic acids is 1. The number of nitrogens with two attached hydrogens (primary N) is 3. The molecule has 7 N–H and O–H groups in total. The molecule has 88 valence electrons. The standard InChI is InChI=1S/C11H18N4O/c1-11(2,6-10(14)16)15-7-3-4-8(12)9(13)5-7/h3-5,15H,6,12-13H2,1-2H3,(H2,14,16). The molecule has 1 amide bonds. The molecule has 0 saturated carbocycles. The maximum atomic E-state index is 10.9. The molecule has 1 aromatic rings. The number of rotatable bonds is 4. The quantitative estimate of drug-likeness (QED) is 0.568. The van der Waals surface area contributed by atoms with E-state index in [1.54, 1.807) is 12.1 Å². The van der Waals surface area contributed by atoms with Gasteiger partial charge in [-0.15, -0.1) is 0 Å². The van der Waals surface area contributed by atoms with E-state index in [1.165, 1.54) is 0 Å². The van der Waals surface area contributed by atoms with Gasteiger partial charge in [-0.2, -0.15) is 0 Å². The molecular formula is C11H18N4O. The van der Waals surface area contributed by atoms with E-state index < -0.39 is 5.54 Å². The summed E-state index contributed by atoms with van der Waals surface area (Å²) >= 11 is 0. The average molecular weight is 222 g/mol. The summed E-state index contributed by atoms with van der Waals surface area (Å²) in [6, 6.07) is 5.27. The number of nitrogens with one attached hydrogen (secondary N) is 1. The molecule has 0 unspecified atom stereocenters. The lowest BCUT2D eigenvalue weighted by molar-refractivity contribution is -0.118. The van der Waals surface area contributed by atoms with Gasteiger partial charge in [-0.05, 0) is 32.0 Å². The fourth-order valence-electron chi connectivity index (χ4n) is 1.52. The first-order chi connectivity index (χ1) is 7.30. The van der Waals surface area contributed by atoms with Gasteiger partial charge in [-0.25, -0.2) is 0 Å². The van der Waals surface area contributed by atoms with Crippen LogP contribution >= 0.6 is 0 Å². The van der Waals surface area contributed by atoms with Crippen molar-refractivity contribution in [2.45, 2.75) is 25.8 Å². The van der Waals surface area contributed by atoms with Crippen molar-refractivity contribution in [2.24, 2.45) is 5.73 Å². The molecule has 1 aromatic carbocycles. The Morgan fingerprint density at radius 1 is 1.31 bits per heavy atom. The van der Waals surface area contributed by atoms with Crippen LogP contribution in [0.25, 0.3) is 0 Å². The molecule has 0 saturated heterocycles. The van der Waals surface area contributed by atoms with Gasteiger partial charge in [0.2, 0.25) is 5.91 Å². The molecular weight excluding hydrogens is 204 g/mol. The number of primary amides is 1. The number of hydrogen-bond acceptors (Lipinski definition) is 4. The van der Waals surface area contributed by atoms with Crippen molar-refractivity contribution in [3.8, 4) is 0 Å². The van der Waals surface area contributed by atoms with Crippen molar-refractivity contribution in [2.75, 3.05) is 16.8 Å². The molecule has 0 aromatic heterocycles. The van der Waals surface area contributed by atoms with Crippen molar-refractivity contribution in [1.29, 1.82) is 0 Å². The van der Waals surface area contributed by atoms with Gasteiger partial charge >= 0.3 is 0 Å². The Bertz CT molecular complexity index is 401. The normalized spacial score (nSPS) is 11.1. The fraction of sp³-hybridized carbons (Fsp3) is 0.364. The smallest absolute Gasteiger partial charge is 0.219 e. The maximum Gasteiger partial charge on any atom is 0.219 e. The number of hydrogen-bond donors (Lipinski definition) is 4. The van der Waals surface area contributed by atoms with E-state index in [9.17, 15) is 4.79 Å². The van der Waals surface area contributed by atoms with Crippen molar-refractivity contribution in [1.82, 2.24) is 0 Å². The molecule has 0 heterocycles. The van der Waals surface area contributed by atoms with Gasteiger partial charge < -0.3 is 22.5 Å². The monoisotopic (exact) mass is 222 g/mol. The molecule has 0 aliphatic heterocycles. The summed E-state index contributed by atoms with van der Waals surface area (Å²) < 4.78 is 0. The van der Waals surface area contributed by atoms with Crippen LogP contribution in [0.1, 0.15) is 20.3 Å². The third kappa shape index (κ3) is 3.34. The highest BCUT2D eigenvalue weighted by Gasteiger charge is 2.20. The molecule has 0 fully saturated rings. The molecule has 1 rings (SSSR count). The third-order valence-electron chi connectivity index (χ3n) is 2.19. The van der Waals surface area contributed by atoms with E-state index >= 15 is 0 Å². The lowest BCUT2D eigenvalue weighted by Gasteiger charge is -2.26. The van der Waals surface area contributed by atoms with Crippen LogP contribution in [0.15, 0.2) is 18.2 Å². The highest BCUT2D eigenvalue weighted by Crippen LogP contribution is 2.23. The van der Waals surface area contributed by atoms with Crippen LogP contribution in [0.3, 0.4) is 0 Å². The number of amides is 1. The van der Waals surface area contributed by atoms with Gasteiger partial charge in [-0.1, -0.05) is 0 Å². The summed E-state index contributed by atoms with van der Waals surface area (Å²) in [6.07, 6.45) is 0.247. The predicted molar refractivity (Wildman–Crippen MR) is 66.8 cm³/mol. The number of carbonyl (C=O) groups is 1. The Balaban J connectivity index is 2.79. The first-order valence-corrected chi connectivity index (χ1v) is 5.02. The van der Waals surface area contributed by atoms with Crippen molar-refractivity contribution in [3.05, 3.63) is 18.2 Å². The molecule has 0 aliphatic carbocycles. The molecule has 5 nitrogen and oxygen atoms in total. The zero-order valence-electron chi connectivity index (χ0n) is 9.58. The topological polar surface area (TPSA) is 107 Å². The first-order valence-electron chi connectivity index (χ1n) is 5.02. The summed E-state index contributed by atoms with van der Waals surface area (Å²) in [6.45, 7) is 3.79. The van der Waals surface area contributed by atoms with Gasteiger partial charge in [0.25, 0.3) is 0 Å². The van der Waals surface area contributed by atoms with Crippen LogP contribution in [0.5, 0.6) is 0 Å². The van der Waals surface area contributed by atoms with Crippen molar-refractivity contribution in [3.63, 3.8) is 0 Å². The van der Waals surface area contributed by atoms with Crippen LogP contribution in [0, 0.1) is 0 Å². The third-order valence-corrected chi connectivity index (χ3v) is 2.19. The molecule has 0 spiro atoms. The van der Waals surface area contributed by atoms with Crippen LogP contribution in [-0.4, -0.2) is 11.4 Å². The van der Waals surface area contributed by atoms with E-state index in [0.29, 0.717) is 11.4 Å². The Hall–Kier alpha value is -1.91. The predicted octanol–water partition coefficient (Wildman–Crippen LogP) is 0.917. The number of benzene rings is 1. The lowest BCUT2D eigenvalue weighted by Crippen LogP contribution is -2.36. The van der Waals surface area contributed by atoms with Gasteiger partial charge in [0.1, 0.15) is 0 Å². The van der Waals surface area contributed by atoms with E-state index in [1.807, 2.05) is 19.9 Å². The minimum absolute atomic E-state index is 0.247. The van der Waals surface area contributed by atoms with E-state index in [-0.39, 0.29) is 12.3 Å². The van der Waals surface area contributed by atoms with Gasteiger partial charge in [0, 0.05) is 17.6 Å².